The Kier molecular flexibility index (Phi) is 6.46. The average Bonchev–Trinajstić information content (AvgIpc) is 2.41. The number of hydrogen-bond donors (Lipinski definition) is 0. The topological polar surface area (TPSA) is 53.3 Å². The molecule has 0 bridgehead atoms. The Morgan fingerprint density at radius 1 is 1.53 bits per heavy atom. The summed E-state index contributed by atoms with van der Waals surface area (Å²) in [5, 5.41) is 8.59. The van der Waals surface area contributed by atoms with Crippen molar-refractivity contribution in [3.8, 4) is 6.07 Å². The highest BCUT2D eigenvalue weighted by Crippen LogP contribution is 2.20. The molecular formula is C13H14BrFN2O2. The third-order valence-corrected chi connectivity index (χ3v) is 3.14. The molecule has 1 aromatic carbocycles. The maximum atomic E-state index is 13.9. The first-order valence-electron chi connectivity index (χ1n) is 5.71. The third-order valence-electron chi connectivity index (χ3n) is 2.53. The molecule has 0 aliphatic carbocycles. The van der Waals surface area contributed by atoms with Crippen LogP contribution in [0.25, 0.3) is 0 Å². The molecule has 6 heteroatoms. The lowest BCUT2D eigenvalue weighted by Crippen LogP contribution is -2.35. The number of carbonyl (C=O) groups is 1. The first-order chi connectivity index (χ1) is 9.11. The van der Waals surface area contributed by atoms with E-state index in [1.54, 1.807) is 6.07 Å². The Labute approximate surface area is 119 Å². The molecule has 0 radical (unpaired) electrons. The zero-order chi connectivity index (χ0) is 14.3. The molecule has 0 aliphatic heterocycles. The largest absolute Gasteiger partial charge is 0.383 e. The first kappa shape index (κ1) is 15.6. The van der Waals surface area contributed by atoms with Crippen molar-refractivity contribution in [1.29, 1.82) is 5.26 Å². The fourth-order valence-corrected chi connectivity index (χ4v) is 1.91. The molecule has 19 heavy (non-hydrogen) atoms. The molecule has 0 fully saturated rings. The molecule has 0 N–H and O–H groups in total. The second-order valence-electron chi connectivity index (χ2n) is 3.79. The van der Waals surface area contributed by atoms with Crippen molar-refractivity contribution in [2.24, 2.45) is 0 Å². The Morgan fingerprint density at radius 3 is 2.89 bits per heavy atom. The van der Waals surface area contributed by atoms with E-state index in [2.05, 4.69) is 15.9 Å². The predicted molar refractivity (Wildman–Crippen MR) is 72.1 cm³/mol. The van der Waals surface area contributed by atoms with E-state index in [0.717, 1.165) is 0 Å². The molecular weight excluding hydrogens is 315 g/mol. The highest BCUT2D eigenvalue weighted by molar-refractivity contribution is 9.10. The minimum Gasteiger partial charge on any atom is -0.383 e. The zero-order valence-electron chi connectivity index (χ0n) is 10.5. The molecule has 102 valence electrons. The summed E-state index contributed by atoms with van der Waals surface area (Å²) in [6.07, 6.45) is 0.199. The molecule has 0 unspecified atom stereocenters. The Morgan fingerprint density at radius 2 is 2.26 bits per heavy atom. The SMILES string of the molecule is COCCN(CCC#N)C(=O)c1cccc(Br)c1F. The lowest BCUT2D eigenvalue weighted by atomic mass is 10.2. The van der Waals surface area contributed by atoms with Gasteiger partial charge in [-0.2, -0.15) is 5.26 Å². The smallest absolute Gasteiger partial charge is 0.256 e. The summed E-state index contributed by atoms with van der Waals surface area (Å²) in [6, 6.07) is 6.52. The highest BCUT2D eigenvalue weighted by atomic mass is 79.9. The summed E-state index contributed by atoms with van der Waals surface area (Å²) < 4.78 is 19.0. The van der Waals surface area contributed by atoms with Crippen LogP contribution in [0, 0.1) is 17.1 Å². The number of amides is 1. The van der Waals surface area contributed by atoms with E-state index >= 15 is 0 Å². The average molecular weight is 329 g/mol. The minimum absolute atomic E-state index is 0.0107. The van der Waals surface area contributed by atoms with Gasteiger partial charge in [0.15, 0.2) is 0 Å². The van der Waals surface area contributed by atoms with Crippen LogP contribution in [0.3, 0.4) is 0 Å². The zero-order valence-corrected chi connectivity index (χ0v) is 12.1. The molecule has 0 aromatic heterocycles. The van der Waals surface area contributed by atoms with E-state index < -0.39 is 11.7 Å². The van der Waals surface area contributed by atoms with Crippen molar-refractivity contribution in [3.05, 3.63) is 34.1 Å². The summed E-state index contributed by atoms with van der Waals surface area (Å²) in [4.78, 5) is 13.6. The number of ether oxygens (including phenoxy) is 1. The molecule has 0 spiro atoms. The van der Waals surface area contributed by atoms with Gasteiger partial charge in [0.2, 0.25) is 0 Å². The van der Waals surface area contributed by atoms with E-state index in [4.69, 9.17) is 10.00 Å². The standard InChI is InChI=1S/C13H14BrFN2O2/c1-19-9-8-17(7-3-6-16)13(18)10-4-2-5-11(14)12(10)15/h2,4-5H,3,7-9H2,1H3. The number of rotatable bonds is 6. The van der Waals surface area contributed by atoms with Crippen LogP contribution in [0.15, 0.2) is 22.7 Å². The van der Waals surface area contributed by atoms with Gasteiger partial charge in [0.1, 0.15) is 5.82 Å². The van der Waals surface area contributed by atoms with Crippen molar-refractivity contribution >= 4 is 21.8 Å². The van der Waals surface area contributed by atoms with E-state index in [0.29, 0.717) is 13.2 Å². The maximum Gasteiger partial charge on any atom is 0.256 e. The van der Waals surface area contributed by atoms with Crippen LogP contribution in [0.1, 0.15) is 16.8 Å². The minimum atomic E-state index is -0.591. The fraction of sp³-hybridized carbons (Fsp3) is 0.385. The number of nitriles is 1. The maximum absolute atomic E-state index is 13.9. The summed E-state index contributed by atoms with van der Waals surface area (Å²) in [7, 11) is 1.52. The molecule has 1 rings (SSSR count). The molecule has 4 nitrogen and oxygen atoms in total. The van der Waals surface area contributed by atoms with Crippen molar-refractivity contribution < 1.29 is 13.9 Å². The molecule has 0 atom stereocenters. The van der Waals surface area contributed by atoms with Crippen LogP contribution in [0.5, 0.6) is 0 Å². The highest BCUT2D eigenvalue weighted by Gasteiger charge is 2.20. The predicted octanol–water partition coefficient (Wildman–Crippen LogP) is 2.59. The van der Waals surface area contributed by atoms with Gasteiger partial charge in [-0.15, -0.1) is 0 Å². The van der Waals surface area contributed by atoms with Gasteiger partial charge in [-0.25, -0.2) is 4.39 Å². The van der Waals surface area contributed by atoms with Gasteiger partial charge < -0.3 is 9.64 Å². The first-order valence-corrected chi connectivity index (χ1v) is 6.50. The van der Waals surface area contributed by atoms with E-state index in [1.807, 2.05) is 6.07 Å². The summed E-state index contributed by atoms with van der Waals surface area (Å²) in [6.45, 7) is 0.917. The van der Waals surface area contributed by atoms with Gasteiger partial charge in [0.25, 0.3) is 5.91 Å². The Bertz CT molecular complexity index is 488. The van der Waals surface area contributed by atoms with Gasteiger partial charge in [0.05, 0.1) is 29.1 Å². The van der Waals surface area contributed by atoms with E-state index in [1.165, 1.54) is 24.1 Å². The summed E-state index contributed by atoms with van der Waals surface area (Å²) >= 11 is 3.05. The fourth-order valence-electron chi connectivity index (χ4n) is 1.54. The molecule has 0 saturated carbocycles. The van der Waals surface area contributed by atoms with Crippen LogP contribution >= 0.6 is 15.9 Å². The van der Waals surface area contributed by atoms with Gasteiger partial charge in [0, 0.05) is 20.2 Å². The second-order valence-corrected chi connectivity index (χ2v) is 4.65. The number of halogens is 2. The van der Waals surface area contributed by atoms with E-state index in [9.17, 15) is 9.18 Å². The molecule has 0 aliphatic rings. The van der Waals surface area contributed by atoms with Gasteiger partial charge >= 0.3 is 0 Å². The Balaban J connectivity index is 2.91. The number of carbonyl (C=O) groups excluding carboxylic acids is 1. The number of methoxy groups -OCH3 is 1. The third kappa shape index (κ3) is 4.30. The van der Waals surface area contributed by atoms with Crippen molar-refractivity contribution in [2.45, 2.75) is 6.42 Å². The van der Waals surface area contributed by atoms with Gasteiger partial charge in [-0.1, -0.05) is 6.07 Å². The normalized spacial score (nSPS) is 10.0. The number of nitrogens with zero attached hydrogens (tertiary/aromatic N) is 2. The summed E-state index contributed by atoms with van der Waals surface area (Å²) in [5.74, 6) is -1.03. The van der Waals surface area contributed by atoms with Crippen molar-refractivity contribution in [3.63, 3.8) is 0 Å². The Hall–Kier alpha value is -1.45. The van der Waals surface area contributed by atoms with Crippen molar-refractivity contribution in [2.75, 3.05) is 26.8 Å². The molecule has 1 amide bonds. The molecule has 0 heterocycles. The number of benzene rings is 1. The molecule has 0 saturated heterocycles. The summed E-state index contributed by atoms with van der Waals surface area (Å²) in [5.41, 5.74) is -0.0107. The number of hydrogen-bond acceptors (Lipinski definition) is 3. The van der Waals surface area contributed by atoms with Crippen LogP contribution in [0.4, 0.5) is 4.39 Å². The monoisotopic (exact) mass is 328 g/mol. The van der Waals surface area contributed by atoms with Crippen LogP contribution in [-0.4, -0.2) is 37.6 Å². The van der Waals surface area contributed by atoms with Crippen LogP contribution in [-0.2, 0) is 4.74 Å². The lowest BCUT2D eigenvalue weighted by Gasteiger charge is -2.21. The van der Waals surface area contributed by atoms with Crippen LogP contribution < -0.4 is 0 Å². The van der Waals surface area contributed by atoms with Gasteiger partial charge in [-0.3, -0.25) is 4.79 Å². The van der Waals surface area contributed by atoms with Gasteiger partial charge in [-0.05, 0) is 28.1 Å². The van der Waals surface area contributed by atoms with E-state index in [-0.39, 0.29) is 23.0 Å². The van der Waals surface area contributed by atoms with Crippen LogP contribution in [0.2, 0.25) is 0 Å². The lowest BCUT2D eigenvalue weighted by molar-refractivity contribution is 0.0695. The van der Waals surface area contributed by atoms with Crippen molar-refractivity contribution in [1.82, 2.24) is 4.90 Å². The quantitative estimate of drug-likeness (QED) is 0.806. The molecule has 1 aromatic rings. The second kappa shape index (κ2) is 7.87.